The Balaban J connectivity index is 1.63. The molecule has 2 atom stereocenters. The molecule has 1 aromatic carbocycles. The van der Waals surface area contributed by atoms with Gasteiger partial charge in [0.25, 0.3) is 5.91 Å². The molecule has 2 aliphatic rings. The Bertz CT molecular complexity index is 609. The molecule has 6 nitrogen and oxygen atoms in total. The van der Waals surface area contributed by atoms with Crippen molar-refractivity contribution in [2.75, 3.05) is 26.8 Å². The Morgan fingerprint density at radius 2 is 1.92 bits per heavy atom. The molecule has 0 radical (unpaired) electrons. The Hall–Kier alpha value is -2.08. The maximum atomic E-state index is 12.7. The molecule has 6 heteroatoms. The molecule has 2 aliphatic heterocycles. The number of carboxylic acid groups (broad SMARTS) is 1. The maximum Gasteiger partial charge on any atom is 0.309 e. The van der Waals surface area contributed by atoms with Crippen LogP contribution in [0.3, 0.4) is 0 Å². The van der Waals surface area contributed by atoms with Crippen LogP contribution < -0.4 is 4.74 Å². The fraction of sp³-hybridized carbons (Fsp3) is 0.556. The molecule has 1 unspecified atom stereocenters. The molecular weight excluding hydrogens is 310 g/mol. The number of hydrogen-bond acceptors (Lipinski definition) is 4. The number of rotatable bonds is 4. The average molecular weight is 333 g/mol. The predicted molar refractivity (Wildman–Crippen MR) is 87.1 cm³/mol. The summed E-state index contributed by atoms with van der Waals surface area (Å²) in [5, 5.41) is 9.30. The van der Waals surface area contributed by atoms with Crippen LogP contribution in [0.25, 0.3) is 0 Å². The normalized spacial score (nSPS) is 24.8. The fourth-order valence-corrected chi connectivity index (χ4v) is 3.76. The molecule has 3 rings (SSSR count). The third kappa shape index (κ3) is 3.24. The zero-order valence-corrected chi connectivity index (χ0v) is 13.8. The fourth-order valence-electron chi connectivity index (χ4n) is 3.76. The number of carbonyl (C=O) groups is 2. The number of likely N-dealkylation sites (tertiary alicyclic amines) is 1. The van der Waals surface area contributed by atoms with Gasteiger partial charge in [-0.25, -0.2) is 0 Å². The van der Waals surface area contributed by atoms with Crippen molar-refractivity contribution in [3.8, 4) is 5.75 Å². The van der Waals surface area contributed by atoms with E-state index in [1.807, 2.05) is 17.0 Å². The topological polar surface area (TPSA) is 76.1 Å². The van der Waals surface area contributed by atoms with Gasteiger partial charge in [0.2, 0.25) is 0 Å². The van der Waals surface area contributed by atoms with Crippen LogP contribution in [0.5, 0.6) is 5.75 Å². The van der Waals surface area contributed by atoms with Crippen molar-refractivity contribution in [2.24, 2.45) is 11.8 Å². The van der Waals surface area contributed by atoms with Crippen molar-refractivity contribution in [1.29, 1.82) is 0 Å². The molecule has 1 aromatic rings. The van der Waals surface area contributed by atoms with Crippen molar-refractivity contribution in [3.05, 3.63) is 29.8 Å². The molecule has 2 saturated heterocycles. The minimum atomic E-state index is -0.773. The minimum absolute atomic E-state index is 0.0342. The number of benzene rings is 1. The van der Waals surface area contributed by atoms with Gasteiger partial charge in [-0.2, -0.15) is 0 Å². The summed E-state index contributed by atoms with van der Waals surface area (Å²) in [6, 6.07) is 7.22. The molecule has 24 heavy (non-hydrogen) atoms. The summed E-state index contributed by atoms with van der Waals surface area (Å²) in [6.45, 7) is 1.75. The van der Waals surface area contributed by atoms with E-state index in [1.165, 1.54) is 0 Å². The molecule has 2 heterocycles. The van der Waals surface area contributed by atoms with E-state index >= 15 is 0 Å². The monoisotopic (exact) mass is 333 g/mol. The number of methoxy groups -OCH3 is 1. The zero-order valence-electron chi connectivity index (χ0n) is 13.8. The smallest absolute Gasteiger partial charge is 0.309 e. The lowest BCUT2D eigenvalue weighted by molar-refractivity contribution is -0.145. The van der Waals surface area contributed by atoms with E-state index in [1.54, 1.807) is 19.2 Å². The molecule has 0 aliphatic carbocycles. The lowest BCUT2D eigenvalue weighted by Crippen LogP contribution is -2.43. The summed E-state index contributed by atoms with van der Waals surface area (Å²) in [4.78, 5) is 25.8. The maximum absolute atomic E-state index is 12.7. The predicted octanol–water partition coefficient (Wildman–Crippen LogP) is 2.04. The largest absolute Gasteiger partial charge is 0.496 e. The van der Waals surface area contributed by atoms with Gasteiger partial charge in [0.05, 0.1) is 24.7 Å². The Labute approximate surface area is 141 Å². The van der Waals surface area contributed by atoms with Crippen LogP contribution in [-0.2, 0) is 9.53 Å². The summed E-state index contributed by atoms with van der Waals surface area (Å²) >= 11 is 0. The van der Waals surface area contributed by atoms with Crippen LogP contribution >= 0.6 is 0 Å². The van der Waals surface area contributed by atoms with Crippen molar-refractivity contribution < 1.29 is 24.2 Å². The van der Waals surface area contributed by atoms with Gasteiger partial charge in [-0.3, -0.25) is 9.59 Å². The second-order valence-electron chi connectivity index (χ2n) is 6.40. The molecule has 0 bridgehead atoms. The van der Waals surface area contributed by atoms with Gasteiger partial charge in [0.15, 0.2) is 0 Å². The Morgan fingerprint density at radius 1 is 1.21 bits per heavy atom. The number of carboxylic acids is 1. The summed E-state index contributed by atoms with van der Waals surface area (Å²) in [5.74, 6) is -0.436. The highest BCUT2D eigenvalue weighted by Gasteiger charge is 2.40. The van der Waals surface area contributed by atoms with E-state index < -0.39 is 11.9 Å². The first kappa shape index (κ1) is 16.8. The first-order valence-corrected chi connectivity index (χ1v) is 8.38. The van der Waals surface area contributed by atoms with Gasteiger partial charge in [-0.1, -0.05) is 12.1 Å². The highest BCUT2D eigenvalue weighted by Crippen LogP contribution is 2.34. The van der Waals surface area contributed by atoms with Crippen LogP contribution in [0, 0.1) is 11.8 Å². The van der Waals surface area contributed by atoms with Crippen LogP contribution in [0.1, 0.15) is 29.6 Å². The van der Waals surface area contributed by atoms with Crippen LogP contribution in [0.2, 0.25) is 0 Å². The number of piperidine rings is 1. The molecule has 1 amide bonds. The van der Waals surface area contributed by atoms with Gasteiger partial charge < -0.3 is 19.5 Å². The highest BCUT2D eigenvalue weighted by molar-refractivity contribution is 5.97. The van der Waals surface area contributed by atoms with E-state index in [0.717, 1.165) is 12.8 Å². The first-order valence-electron chi connectivity index (χ1n) is 8.38. The molecule has 1 N–H and O–H groups in total. The number of aliphatic carboxylic acids is 1. The van der Waals surface area contributed by atoms with Gasteiger partial charge >= 0.3 is 5.97 Å². The summed E-state index contributed by atoms with van der Waals surface area (Å²) in [6.07, 6.45) is 1.91. The number of ether oxygens (including phenoxy) is 2. The lowest BCUT2D eigenvalue weighted by Gasteiger charge is -2.35. The minimum Gasteiger partial charge on any atom is -0.496 e. The Kier molecular flexibility index (Phi) is 5.04. The standard InChI is InChI=1S/C18H23NO5/c1-23-15-5-3-2-4-13(15)17(20)19-9-6-12(7-10-19)16-14(18(21)22)8-11-24-16/h2-5,12,14,16H,6-11H2,1H3,(H,21,22)/t14?,16-/m0/s1. The number of para-hydroxylation sites is 1. The summed E-state index contributed by atoms with van der Waals surface area (Å²) < 4.78 is 10.9. The summed E-state index contributed by atoms with van der Waals surface area (Å²) in [5.41, 5.74) is 0.568. The SMILES string of the molecule is COc1ccccc1C(=O)N1CCC([C@@H]2OCCC2C(=O)O)CC1. The van der Waals surface area contributed by atoms with Crippen molar-refractivity contribution >= 4 is 11.9 Å². The van der Waals surface area contributed by atoms with Crippen LogP contribution in [0.4, 0.5) is 0 Å². The molecule has 130 valence electrons. The van der Waals surface area contributed by atoms with Crippen molar-refractivity contribution in [1.82, 2.24) is 4.90 Å². The van der Waals surface area contributed by atoms with Crippen LogP contribution in [0.15, 0.2) is 24.3 Å². The Morgan fingerprint density at radius 3 is 2.58 bits per heavy atom. The third-order valence-electron chi connectivity index (χ3n) is 5.08. The van der Waals surface area contributed by atoms with Crippen molar-refractivity contribution in [2.45, 2.75) is 25.4 Å². The van der Waals surface area contributed by atoms with E-state index in [4.69, 9.17) is 9.47 Å². The number of carbonyl (C=O) groups excluding carboxylic acids is 1. The second-order valence-corrected chi connectivity index (χ2v) is 6.40. The number of nitrogens with zero attached hydrogens (tertiary/aromatic N) is 1. The van der Waals surface area contributed by atoms with E-state index in [0.29, 0.717) is 37.4 Å². The average Bonchev–Trinajstić information content (AvgIpc) is 3.11. The van der Waals surface area contributed by atoms with E-state index in [2.05, 4.69) is 0 Å². The van der Waals surface area contributed by atoms with Gasteiger partial charge in [-0.05, 0) is 37.3 Å². The van der Waals surface area contributed by atoms with Crippen molar-refractivity contribution in [3.63, 3.8) is 0 Å². The second kappa shape index (κ2) is 7.21. The first-order chi connectivity index (χ1) is 11.6. The molecule has 0 spiro atoms. The molecule has 2 fully saturated rings. The molecular formula is C18H23NO5. The van der Waals surface area contributed by atoms with Gasteiger partial charge in [-0.15, -0.1) is 0 Å². The number of hydrogen-bond donors (Lipinski definition) is 1. The molecule has 0 saturated carbocycles. The summed E-state index contributed by atoms with van der Waals surface area (Å²) in [7, 11) is 1.56. The van der Waals surface area contributed by atoms with E-state index in [-0.39, 0.29) is 17.9 Å². The molecule has 0 aromatic heterocycles. The zero-order chi connectivity index (χ0) is 17.1. The lowest BCUT2D eigenvalue weighted by atomic mass is 9.84. The van der Waals surface area contributed by atoms with Gasteiger partial charge in [0, 0.05) is 19.7 Å². The highest BCUT2D eigenvalue weighted by atomic mass is 16.5. The number of amides is 1. The quantitative estimate of drug-likeness (QED) is 0.912. The van der Waals surface area contributed by atoms with Crippen LogP contribution in [-0.4, -0.2) is 54.8 Å². The third-order valence-corrected chi connectivity index (χ3v) is 5.08. The van der Waals surface area contributed by atoms with E-state index in [9.17, 15) is 14.7 Å². The van der Waals surface area contributed by atoms with Gasteiger partial charge in [0.1, 0.15) is 5.75 Å².